The number of urea groups is 1. The van der Waals surface area contributed by atoms with Gasteiger partial charge in [0.15, 0.2) is 0 Å². The molecule has 1 saturated heterocycles. The van der Waals surface area contributed by atoms with Gasteiger partial charge in [-0.25, -0.2) is 4.79 Å². The summed E-state index contributed by atoms with van der Waals surface area (Å²) in [7, 11) is 0. The standard InChI is InChI=1S/C25H27N3O3/c29-24(26-16-23-12-7-13-31-23)22-14-21(20-10-5-2-6-11-20)17-28(18-22)25(30)27-15-19-8-3-1-4-9-19/h1-13,21-22H,14-18H2,(H,26,29)(H,27,30)/t21-,22-/m0/s1. The van der Waals surface area contributed by atoms with Gasteiger partial charge >= 0.3 is 6.03 Å². The molecule has 2 aromatic carbocycles. The van der Waals surface area contributed by atoms with Crippen molar-refractivity contribution in [3.63, 3.8) is 0 Å². The Bertz CT molecular complexity index is 974. The van der Waals surface area contributed by atoms with Crippen LogP contribution in [0.4, 0.5) is 4.79 Å². The van der Waals surface area contributed by atoms with E-state index in [4.69, 9.17) is 4.42 Å². The van der Waals surface area contributed by atoms with Crippen LogP contribution in [0.5, 0.6) is 0 Å². The Morgan fingerprint density at radius 3 is 2.32 bits per heavy atom. The van der Waals surface area contributed by atoms with E-state index < -0.39 is 0 Å². The van der Waals surface area contributed by atoms with Gasteiger partial charge in [0.1, 0.15) is 5.76 Å². The second-order valence-corrected chi connectivity index (χ2v) is 7.89. The van der Waals surface area contributed by atoms with Crippen molar-refractivity contribution in [2.75, 3.05) is 13.1 Å². The molecule has 0 aliphatic carbocycles. The molecule has 4 rings (SSSR count). The second-order valence-electron chi connectivity index (χ2n) is 7.89. The summed E-state index contributed by atoms with van der Waals surface area (Å²) in [5.74, 6) is 0.479. The van der Waals surface area contributed by atoms with Crippen LogP contribution in [-0.2, 0) is 17.9 Å². The maximum Gasteiger partial charge on any atom is 0.317 e. The number of carbonyl (C=O) groups excluding carboxylic acids is 2. The predicted octanol–water partition coefficient (Wildman–Crippen LogP) is 3.91. The van der Waals surface area contributed by atoms with Crippen molar-refractivity contribution in [3.05, 3.63) is 95.9 Å². The highest BCUT2D eigenvalue weighted by Gasteiger charge is 2.34. The SMILES string of the molecule is O=C(NCc1ccco1)[C@H]1C[C@H](c2ccccc2)CN(C(=O)NCc2ccccc2)C1. The van der Waals surface area contributed by atoms with Gasteiger partial charge in [0.2, 0.25) is 5.91 Å². The fourth-order valence-electron chi connectivity index (χ4n) is 4.04. The Hall–Kier alpha value is -3.54. The Kier molecular flexibility index (Phi) is 6.67. The fraction of sp³-hybridized carbons (Fsp3) is 0.280. The molecule has 6 heteroatoms. The van der Waals surface area contributed by atoms with Crippen molar-refractivity contribution in [1.29, 1.82) is 0 Å². The molecule has 0 bridgehead atoms. The molecule has 2 N–H and O–H groups in total. The number of benzene rings is 2. The van der Waals surface area contributed by atoms with Gasteiger partial charge in [-0.1, -0.05) is 60.7 Å². The molecule has 3 amide bonds. The number of furan rings is 1. The van der Waals surface area contributed by atoms with E-state index in [1.165, 1.54) is 0 Å². The number of rotatable bonds is 6. The molecule has 0 unspecified atom stereocenters. The van der Waals surface area contributed by atoms with Crippen LogP contribution in [0.25, 0.3) is 0 Å². The van der Waals surface area contributed by atoms with Gasteiger partial charge in [0.25, 0.3) is 0 Å². The molecule has 1 aliphatic rings. The Labute approximate surface area is 182 Å². The van der Waals surface area contributed by atoms with E-state index in [-0.39, 0.29) is 23.8 Å². The minimum absolute atomic E-state index is 0.0575. The summed E-state index contributed by atoms with van der Waals surface area (Å²) in [5, 5.41) is 5.95. The highest BCUT2D eigenvalue weighted by atomic mass is 16.3. The number of nitrogens with zero attached hydrogens (tertiary/aromatic N) is 1. The first-order chi connectivity index (χ1) is 15.2. The van der Waals surface area contributed by atoms with E-state index in [2.05, 4.69) is 22.8 Å². The molecule has 2 atom stereocenters. The van der Waals surface area contributed by atoms with Crippen LogP contribution in [-0.4, -0.2) is 29.9 Å². The summed E-state index contributed by atoms with van der Waals surface area (Å²) < 4.78 is 5.31. The van der Waals surface area contributed by atoms with E-state index >= 15 is 0 Å². The quantitative estimate of drug-likeness (QED) is 0.639. The summed E-state index contributed by atoms with van der Waals surface area (Å²) in [6.45, 7) is 1.79. The van der Waals surface area contributed by atoms with Crippen molar-refractivity contribution in [2.45, 2.75) is 25.4 Å². The smallest absolute Gasteiger partial charge is 0.317 e. The van der Waals surface area contributed by atoms with Crippen LogP contribution in [0, 0.1) is 5.92 Å². The van der Waals surface area contributed by atoms with Crippen LogP contribution in [0.3, 0.4) is 0 Å². The van der Waals surface area contributed by atoms with Crippen molar-refractivity contribution in [2.24, 2.45) is 5.92 Å². The molecule has 1 aliphatic heterocycles. The van der Waals surface area contributed by atoms with E-state index in [0.717, 1.165) is 11.1 Å². The van der Waals surface area contributed by atoms with Crippen molar-refractivity contribution >= 4 is 11.9 Å². The van der Waals surface area contributed by atoms with Crippen LogP contribution >= 0.6 is 0 Å². The molecular weight excluding hydrogens is 390 g/mol. The molecule has 1 fully saturated rings. The lowest BCUT2D eigenvalue weighted by Crippen LogP contribution is -2.50. The zero-order valence-electron chi connectivity index (χ0n) is 17.4. The average molecular weight is 418 g/mol. The lowest BCUT2D eigenvalue weighted by atomic mass is 9.84. The van der Waals surface area contributed by atoms with Gasteiger partial charge in [-0.15, -0.1) is 0 Å². The van der Waals surface area contributed by atoms with Gasteiger partial charge in [-0.3, -0.25) is 4.79 Å². The van der Waals surface area contributed by atoms with E-state index in [9.17, 15) is 9.59 Å². The minimum atomic E-state index is -0.281. The number of hydrogen-bond acceptors (Lipinski definition) is 3. The second kappa shape index (κ2) is 9.98. The van der Waals surface area contributed by atoms with Gasteiger partial charge in [0.05, 0.1) is 18.7 Å². The molecular formula is C25H27N3O3. The Morgan fingerprint density at radius 1 is 0.871 bits per heavy atom. The number of amides is 3. The van der Waals surface area contributed by atoms with Gasteiger partial charge in [0, 0.05) is 25.6 Å². The summed E-state index contributed by atoms with van der Waals surface area (Å²) >= 11 is 0. The Balaban J connectivity index is 1.43. The first-order valence-corrected chi connectivity index (χ1v) is 10.6. The number of likely N-dealkylation sites (tertiary alicyclic amines) is 1. The normalized spacial score (nSPS) is 18.4. The third kappa shape index (κ3) is 5.54. The van der Waals surface area contributed by atoms with Gasteiger partial charge in [-0.05, 0) is 29.7 Å². The topological polar surface area (TPSA) is 74.6 Å². The molecule has 0 radical (unpaired) electrons. The van der Waals surface area contributed by atoms with Gasteiger partial charge in [-0.2, -0.15) is 0 Å². The maximum atomic E-state index is 12.9. The largest absolute Gasteiger partial charge is 0.467 e. The Morgan fingerprint density at radius 2 is 1.61 bits per heavy atom. The minimum Gasteiger partial charge on any atom is -0.467 e. The van der Waals surface area contributed by atoms with Crippen LogP contribution < -0.4 is 10.6 Å². The summed E-state index contributed by atoms with van der Waals surface area (Å²) in [6.07, 6.45) is 2.29. The first-order valence-electron chi connectivity index (χ1n) is 10.6. The number of nitrogens with one attached hydrogen (secondary N) is 2. The number of carbonyl (C=O) groups is 2. The summed E-state index contributed by atoms with van der Waals surface area (Å²) in [4.78, 5) is 27.6. The van der Waals surface area contributed by atoms with E-state index in [1.807, 2.05) is 54.6 Å². The molecule has 0 spiro atoms. The molecule has 160 valence electrons. The van der Waals surface area contributed by atoms with E-state index in [1.54, 1.807) is 17.2 Å². The third-order valence-electron chi connectivity index (χ3n) is 5.68. The molecule has 3 aromatic rings. The number of piperidine rings is 1. The highest BCUT2D eigenvalue weighted by molar-refractivity contribution is 5.81. The third-order valence-corrected chi connectivity index (χ3v) is 5.68. The molecule has 31 heavy (non-hydrogen) atoms. The van der Waals surface area contributed by atoms with Crippen molar-refractivity contribution < 1.29 is 14.0 Å². The first kappa shape index (κ1) is 20.7. The average Bonchev–Trinajstić information content (AvgIpc) is 3.35. The fourth-order valence-corrected chi connectivity index (χ4v) is 4.04. The van der Waals surface area contributed by atoms with Crippen LogP contribution in [0.1, 0.15) is 29.2 Å². The molecule has 6 nitrogen and oxygen atoms in total. The summed E-state index contributed by atoms with van der Waals surface area (Å²) in [5.41, 5.74) is 2.19. The lowest BCUT2D eigenvalue weighted by molar-refractivity contribution is -0.126. The lowest BCUT2D eigenvalue weighted by Gasteiger charge is -2.37. The zero-order chi connectivity index (χ0) is 21.5. The van der Waals surface area contributed by atoms with Crippen LogP contribution in [0.2, 0.25) is 0 Å². The molecule has 1 aromatic heterocycles. The number of hydrogen-bond donors (Lipinski definition) is 2. The van der Waals surface area contributed by atoms with Gasteiger partial charge < -0.3 is 20.0 Å². The maximum absolute atomic E-state index is 12.9. The molecule has 0 saturated carbocycles. The monoisotopic (exact) mass is 417 g/mol. The highest BCUT2D eigenvalue weighted by Crippen LogP contribution is 2.30. The predicted molar refractivity (Wildman–Crippen MR) is 118 cm³/mol. The zero-order valence-corrected chi connectivity index (χ0v) is 17.4. The summed E-state index contributed by atoms with van der Waals surface area (Å²) in [6, 6.07) is 23.4. The molecule has 2 heterocycles. The van der Waals surface area contributed by atoms with E-state index in [0.29, 0.717) is 38.4 Å². The van der Waals surface area contributed by atoms with Crippen molar-refractivity contribution in [1.82, 2.24) is 15.5 Å². The van der Waals surface area contributed by atoms with Crippen molar-refractivity contribution in [3.8, 4) is 0 Å². The van der Waals surface area contributed by atoms with Crippen LogP contribution in [0.15, 0.2) is 83.5 Å².